The van der Waals surface area contributed by atoms with Gasteiger partial charge in [0.25, 0.3) is 0 Å². The van der Waals surface area contributed by atoms with Crippen molar-refractivity contribution in [2.45, 2.75) is 33.0 Å². The molecule has 0 spiro atoms. The van der Waals surface area contributed by atoms with Crippen LogP contribution in [-0.4, -0.2) is 17.7 Å². The summed E-state index contributed by atoms with van der Waals surface area (Å²) in [6.07, 6.45) is 4.91. The van der Waals surface area contributed by atoms with Crippen LogP contribution in [0.1, 0.15) is 25.3 Å². The standard InChI is InChI=1S/C16H22N2O/c1-2-17-9-14-10-18(12-19-11-13-7-8-13)16-6-4-3-5-15(14)16/h3-6,10,13,17H,2,7-9,11-12H2,1H3. The van der Waals surface area contributed by atoms with E-state index in [2.05, 4.69) is 47.3 Å². The molecule has 1 saturated carbocycles. The van der Waals surface area contributed by atoms with Crippen molar-refractivity contribution in [1.29, 1.82) is 0 Å². The molecule has 0 amide bonds. The number of para-hydroxylation sites is 1. The molecular formula is C16H22N2O. The Labute approximate surface area is 114 Å². The van der Waals surface area contributed by atoms with Crippen LogP contribution in [0.25, 0.3) is 10.9 Å². The Hall–Kier alpha value is -1.32. The van der Waals surface area contributed by atoms with Gasteiger partial charge in [-0.1, -0.05) is 25.1 Å². The van der Waals surface area contributed by atoms with Gasteiger partial charge < -0.3 is 14.6 Å². The highest BCUT2D eigenvalue weighted by Crippen LogP contribution is 2.29. The fourth-order valence-corrected chi connectivity index (χ4v) is 2.43. The highest BCUT2D eigenvalue weighted by atomic mass is 16.5. The largest absolute Gasteiger partial charge is 0.360 e. The van der Waals surface area contributed by atoms with Gasteiger partial charge in [-0.2, -0.15) is 0 Å². The molecule has 3 nitrogen and oxygen atoms in total. The van der Waals surface area contributed by atoms with E-state index in [4.69, 9.17) is 4.74 Å². The summed E-state index contributed by atoms with van der Waals surface area (Å²) in [5.74, 6) is 0.822. The maximum absolute atomic E-state index is 5.81. The van der Waals surface area contributed by atoms with Gasteiger partial charge in [-0.05, 0) is 36.9 Å². The van der Waals surface area contributed by atoms with E-state index in [1.165, 1.54) is 29.3 Å². The Morgan fingerprint density at radius 3 is 2.95 bits per heavy atom. The molecule has 0 saturated heterocycles. The normalized spacial score (nSPS) is 15.2. The predicted molar refractivity (Wildman–Crippen MR) is 78.0 cm³/mol. The van der Waals surface area contributed by atoms with E-state index < -0.39 is 0 Å². The van der Waals surface area contributed by atoms with E-state index >= 15 is 0 Å². The Morgan fingerprint density at radius 2 is 2.16 bits per heavy atom. The summed E-state index contributed by atoms with van der Waals surface area (Å²) in [7, 11) is 0. The van der Waals surface area contributed by atoms with Gasteiger partial charge in [0.1, 0.15) is 6.73 Å². The molecular weight excluding hydrogens is 236 g/mol. The van der Waals surface area contributed by atoms with Gasteiger partial charge in [-0.15, -0.1) is 0 Å². The zero-order valence-corrected chi connectivity index (χ0v) is 11.6. The molecule has 1 aromatic carbocycles. The zero-order valence-electron chi connectivity index (χ0n) is 11.6. The van der Waals surface area contributed by atoms with Crippen LogP contribution in [0.2, 0.25) is 0 Å². The minimum Gasteiger partial charge on any atom is -0.360 e. The molecule has 1 aromatic heterocycles. The molecule has 0 bridgehead atoms. The van der Waals surface area contributed by atoms with E-state index in [-0.39, 0.29) is 0 Å². The van der Waals surface area contributed by atoms with Gasteiger partial charge in [0.05, 0.1) is 12.1 Å². The van der Waals surface area contributed by atoms with Gasteiger partial charge in [-0.3, -0.25) is 0 Å². The van der Waals surface area contributed by atoms with Crippen molar-refractivity contribution in [1.82, 2.24) is 9.88 Å². The number of hydrogen-bond acceptors (Lipinski definition) is 2. The number of rotatable bonds is 7. The topological polar surface area (TPSA) is 26.2 Å². The van der Waals surface area contributed by atoms with Crippen LogP contribution >= 0.6 is 0 Å². The Morgan fingerprint density at radius 1 is 1.32 bits per heavy atom. The molecule has 0 unspecified atom stereocenters. The molecule has 1 N–H and O–H groups in total. The van der Waals surface area contributed by atoms with Crippen LogP contribution in [0, 0.1) is 5.92 Å². The molecule has 1 heterocycles. The highest BCUT2D eigenvalue weighted by Gasteiger charge is 2.21. The number of fused-ring (bicyclic) bond motifs is 1. The van der Waals surface area contributed by atoms with Crippen molar-refractivity contribution in [3.05, 3.63) is 36.0 Å². The molecule has 3 heteroatoms. The van der Waals surface area contributed by atoms with Crippen molar-refractivity contribution in [2.75, 3.05) is 13.2 Å². The van der Waals surface area contributed by atoms with Crippen LogP contribution < -0.4 is 5.32 Å². The number of benzene rings is 1. The molecule has 3 rings (SSSR count). The second-order valence-electron chi connectivity index (χ2n) is 5.36. The number of nitrogens with zero attached hydrogens (tertiary/aromatic N) is 1. The smallest absolute Gasteiger partial charge is 0.122 e. The van der Waals surface area contributed by atoms with E-state index in [0.29, 0.717) is 6.73 Å². The molecule has 0 aliphatic heterocycles. The second-order valence-corrected chi connectivity index (χ2v) is 5.36. The van der Waals surface area contributed by atoms with Crippen LogP contribution in [0.4, 0.5) is 0 Å². The lowest BCUT2D eigenvalue weighted by molar-refractivity contribution is 0.0717. The summed E-state index contributed by atoms with van der Waals surface area (Å²) < 4.78 is 8.04. The molecule has 1 aliphatic rings. The fraction of sp³-hybridized carbons (Fsp3) is 0.500. The van der Waals surface area contributed by atoms with Gasteiger partial charge >= 0.3 is 0 Å². The van der Waals surface area contributed by atoms with Crippen LogP contribution in [0.5, 0.6) is 0 Å². The van der Waals surface area contributed by atoms with Crippen LogP contribution in [-0.2, 0) is 18.0 Å². The van der Waals surface area contributed by atoms with E-state index in [9.17, 15) is 0 Å². The van der Waals surface area contributed by atoms with Crippen molar-refractivity contribution in [3.8, 4) is 0 Å². The highest BCUT2D eigenvalue weighted by molar-refractivity contribution is 5.83. The first-order valence-corrected chi connectivity index (χ1v) is 7.23. The molecule has 19 heavy (non-hydrogen) atoms. The second kappa shape index (κ2) is 5.76. The first-order chi connectivity index (χ1) is 9.38. The predicted octanol–water partition coefficient (Wildman–Crippen LogP) is 3.13. The van der Waals surface area contributed by atoms with Crippen LogP contribution in [0.3, 0.4) is 0 Å². The third-order valence-electron chi connectivity index (χ3n) is 3.72. The summed E-state index contributed by atoms with van der Waals surface area (Å²) in [6.45, 7) is 5.64. The van der Waals surface area contributed by atoms with Gasteiger partial charge in [0.15, 0.2) is 0 Å². The quantitative estimate of drug-likeness (QED) is 0.825. The number of ether oxygens (including phenoxy) is 1. The van der Waals surface area contributed by atoms with E-state index in [1.807, 2.05) is 0 Å². The third-order valence-corrected chi connectivity index (χ3v) is 3.72. The lowest BCUT2D eigenvalue weighted by Gasteiger charge is -2.06. The maximum Gasteiger partial charge on any atom is 0.122 e. The molecule has 102 valence electrons. The lowest BCUT2D eigenvalue weighted by atomic mass is 10.2. The monoisotopic (exact) mass is 258 g/mol. The summed E-state index contributed by atoms with van der Waals surface area (Å²) in [5.41, 5.74) is 2.62. The zero-order chi connectivity index (χ0) is 13.1. The van der Waals surface area contributed by atoms with Gasteiger partial charge in [0.2, 0.25) is 0 Å². The van der Waals surface area contributed by atoms with E-state index in [1.54, 1.807) is 0 Å². The first kappa shape index (κ1) is 12.7. The third kappa shape index (κ3) is 2.99. The van der Waals surface area contributed by atoms with Crippen LogP contribution in [0.15, 0.2) is 30.5 Å². The number of aromatic nitrogens is 1. The minimum atomic E-state index is 0.670. The van der Waals surface area contributed by atoms with Crippen molar-refractivity contribution >= 4 is 10.9 Å². The number of hydrogen-bond donors (Lipinski definition) is 1. The Kier molecular flexibility index (Phi) is 3.85. The maximum atomic E-state index is 5.81. The summed E-state index contributed by atoms with van der Waals surface area (Å²) in [4.78, 5) is 0. The fourth-order valence-electron chi connectivity index (χ4n) is 2.43. The van der Waals surface area contributed by atoms with Crippen molar-refractivity contribution in [2.24, 2.45) is 5.92 Å². The lowest BCUT2D eigenvalue weighted by Crippen LogP contribution is -2.11. The van der Waals surface area contributed by atoms with Crippen molar-refractivity contribution < 1.29 is 4.74 Å². The Balaban J connectivity index is 1.77. The van der Waals surface area contributed by atoms with Gasteiger partial charge in [-0.25, -0.2) is 0 Å². The summed E-state index contributed by atoms with van der Waals surface area (Å²) in [5, 5.41) is 4.73. The van der Waals surface area contributed by atoms with Crippen molar-refractivity contribution in [3.63, 3.8) is 0 Å². The van der Waals surface area contributed by atoms with E-state index in [0.717, 1.165) is 25.6 Å². The molecule has 1 fully saturated rings. The number of nitrogens with one attached hydrogen (secondary N) is 1. The molecule has 1 aliphatic carbocycles. The SMILES string of the molecule is CCNCc1cn(COCC2CC2)c2ccccc12. The Bertz CT molecular complexity index is 543. The molecule has 2 aromatic rings. The average molecular weight is 258 g/mol. The summed E-state index contributed by atoms with van der Waals surface area (Å²) in [6, 6.07) is 8.56. The summed E-state index contributed by atoms with van der Waals surface area (Å²) >= 11 is 0. The molecule has 0 atom stereocenters. The molecule has 0 radical (unpaired) electrons. The average Bonchev–Trinajstić information content (AvgIpc) is 3.19. The minimum absolute atomic E-state index is 0.670. The first-order valence-electron chi connectivity index (χ1n) is 7.23. The van der Waals surface area contributed by atoms with Gasteiger partial charge in [0, 0.05) is 18.1 Å².